The molecule has 0 amide bonds. The SMILES string of the molecule is CNc1ccccc1C(=O)C(Cc1ccc(OCCn2c(=O)sc3cc(Cc4ccccc4)ccc32)cc1)C(=O)OC. The Morgan fingerprint density at radius 1 is 0.881 bits per heavy atom. The van der Waals surface area contributed by atoms with Crippen LogP contribution in [0.5, 0.6) is 5.75 Å². The van der Waals surface area contributed by atoms with Gasteiger partial charge in [-0.3, -0.25) is 19.0 Å². The molecule has 42 heavy (non-hydrogen) atoms. The third-order valence-corrected chi connectivity index (χ3v) is 8.14. The van der Waals surface area contributed by atoms with E-state index in [0.717, 1.165) is 22.2 Å². The number of thiazole rings is 1. The van der Waals surface area contributed by atoms with Gasteiger partial charge in [0.15, 0.2) is 5.78 Å². The first-order valence-corrected chi connectivity index (χ1v) is 14.5. The highest BCUT2D eigenvalue weighted by Crippen LogP contribution is 2.24. The summed E-state index contributed by atoms with van der Waals surface area (Å²) in [4.78, 5) is 38.6. The number of Topliss-reactive ketones (excluding diaryl/α,β-unsaturated/α-hetero) is 1. The van der Waals surface area contributed by atoms with E-state index < -0.39 is 11.9 Å². The van der Waals surface area contributed by atoms with Crippen molar-refractivity contribution >= 4 is 39.0 Å². The highest BCUT2D eigenvalue weighted by atomic mass is 32.1. The summed E-state index contributed by atoms with van der Waals surface area (Å²) in [5.74, 6) is -1.21. The molecule has 1 unspecified atom stereocenters. The molecule has 0 bridgehead atoms. The number of nitrogens with zero attached hydrogens (tertiary/aromatic N) is 1. The zero-order chi connectivity index (χ0) is 29.5. The fourth-order valence-corrected chi connectivity index (χ4v) is 5.99. The van der Waals surface area contributed by atoms with Crippen LogP contribution in [0.2, 0.25) is 0 Å². The molecule has 4 aromatic carbocycles. The maximum Gasteiger partial charge on any atom is 0.316 e. The van der Waals surface area contributed by atoms with Gasteiger partial charge in [-0.05, 0) is 65.9 Å². The van der Waals surface area contributed by atoms with E-state index in [4.69, 9.17) is 9.47 Å². The summed E-state index contributed by atoms with van der Waals surface area (Å²) >= 11 is 1.25. The summed E-state index contributed by atoms with van der Waals surface area (Å²) in [6.07, 6.45) is 1.02. The number of aromatic nitrogens is 1. The number of benzene rings is 4. The largest absolute Gasteiger partial charge is 0.492 e. The highest BCUT2D eigenvalue weighted by Gasteiger charge is 2.30. The van der Waals surface area contributed by atoms with Crippen LogP contribution < -0.4 is 14.9 Å². The second-order valence-electron chi connectivity index (χ2n) is 9.92. The van der Waals surface area contributed by atoms with Crippen LogP contribution in [-0.4, -0.2) is 37.1 Å². The number of anilines is 1. The number of ketones is 1. The molecule has 0 aliphatic rings. The number of rotatable bonds is 12. The summed E-state index contributed by atoms with van der Waals surface area (Å²) in [5.41, 5.74) is 5.21. The molecule has 1 aromatic heterocycles. The molecule has 1 atom stereocenters. The molecule has 0 spiro atoms. The fraction of sp³-hybridized carbons (Fsp3) is 0.206. The lowest BCUT2D eigenvalue weighted by Crippen LogP contribution is -2.28. The zero-order valence-corrected chi connectivity index (χ0v) is 24.4. The average Bonchev–Trinajstić information content (AvgIpc) is 3.34. The van der Waals surface area contributed by atoms with Crippen molar-refractivity contribution in [2.24, 2.45) is 5.92 Å². The second-order valence-corrected chi connectivity index (χ2v) is 10.9. The predicted octanol–water partition coefficient (Wildman–Crippen LogP) is 5.99. The minimum absolute atomic E-state index is 0.0147. The van der Waals surface area contributed by atoms with Gasteiger partial charge in [-0.25, -0.2) is 0 Å². The number of ether oxygens (including phenoxy) is 2. The van der Waals surface area contributed by atoms with Gasteiger partial charge in [0, 0.05) is 18.3 Å². The monoisotopic (exact) mass is 580 g/mol. The number of para-hydroxylation sites is 1. The first-order chi connectivity index (χ1) is 20.5. The third-order valence-electron chi connectivity index (χ3n) is 7.19. The van der Waals surface area contributed by atoms with Crippen molar-refractivity contribution in [3.63, 3.8) is 0 Å². The van der Waals surface area contributed by atoms with Crippen LogP contribution in [0.15, 0.2) is 102 Å². The number of methoxy groups -OCH3 is 1. The van der Waals surface area contributed by atoms with E-state index in [1.165, 1.54) is 29.6 Å². The first-order valence-electron chi connectivity index (χ1n) is 13.7. The summed E-state index contributed by atoms with van der Waals surface area (Å²) in [6.45, 7) is 0.739. The topological polar surface area (TPSA) is 86.6 Å². The van der Waals surface area contributed by atoms with Crippen molar-refractivity contribution in [2.45, 2.75) is 19.4 Å². The van der Waals surface area contributed by atoms with E-state index in [0.29, 0.717) is 30.2 Å². The Morgan fingerprint density at radius 2 is 1.60 bits per heavy atom. The summed E-state index contributed by atoms with van der Waals surface area (Å²) in [6, 6.07) is 30.8. The Kier molecular flexibility index (Phi) is 9.14. The molecular formula is C34H32N2O5S. The van der Waals surface area contributed by atoms with Crippen LogP contribution in [0.3, 0.4) is 0 Å². The van der Waals surface area contributed by atoms with Crippen LogP contribution in [0.25, 0.3) is 10.2 Å². The Balaban J connectivity index is 1.21. The standard InChI is InChI=1S/C34H32N2O5S/c1-35-29-11-7-6-10-27(29)32(37)28(33(38)40-2)21-24-12-15-26(16-13-24)41-19-18-36-30-17-14-25(22-31(30)42-34(36)39)20-23-8-4-3-5-9-23/h3-17,22,28,35H,18-21H2,1-2H3. The van der Waals surface area contributed by atoms with Crippen molar-refractivity contribution < 1.29 is 19.1 Å². The Morgan fingerprint density at radius 3 is 2.33 bits per heavy atom. The lowest BCUT2D eigenvalue weighted by molar-refractivity contribution is -0.143. The van der Waals surface area contributed by atoms with Crippen LogP contribution in [0, 0.1) is 5.92 Å². The van der Waals surface area contributed by atoms with Crippen LogP contribution in [-0.2, 0) is 28.9 Å². The second kappa shape index (κ2) is 13.3. The molecular weight excluding hydrogens is 548 g/mol. The number of hydrogen-bond donors (Lipinski definition) is 1. The molecule has 0 saturated carbocycles. The third kappa shape index (κ3) is 6.61. The summed E-state index contributed by atoms with van der Waals surface area (Å²) in [5, 5.41) is 3.00. The first kappa shape index (κ1) is 28.8. The maximum atomic E-state index is 13.3. The molecule has 0 fully saturated rings. The van der Waals surface area contributed by atoms with Gasteiger partial charge in [-0.1, -0.05) is 72.0 Å². The van der Waals surface area contributed by atoms with Gasteiger partial charge in [-0.2, -0.15) is 0 Å². The van der Waals surface area contributed by atoms with Crippen molar-refractivity contribution in [1.82, 2.24) is 4.57 Å². The van der Waals surface area contributed by atoms with E-state index >= 15 is 0 Å². The fourth-order valence-electron chi connectivity index (χ4n) is 5.01. The van der Waals surface area contributed by atoms with E-state index in [2.05, 4.69) is 29.6 Å². The predicted molar refractivity (Wildman–Crippen MR) is 167 cm³/mol. The van der Waals surface area contributed by atoms with Gasteiger partial charge < -0.3 is 14.8 Å². The number of hydrogen-bond acceptors (Lipinski definition) is 7. The molecule has 1 N–H and O–H groups in total. The van der Waals surface area contributed by atoms with Gasteiger partial charge in [0.25, 0.3) is 0 Å². The molecule has 214 valence electrons. The molecule has 0 radical (unpaired) electrons. The molecule has 5 aromatic rings. The number of nitrogens with one attached hydrogen (secondary N) is 1. The van der Waals surface area contributed by atoms with Crippen LogP contribution in [0.4, 0.5) is 5.69 Å². The van der Waals surface area contributed by atoms with Crippen molar-refractivity contribution in [3.8, 4) is 5.75 Å². The van der Waals surface area contributed by atoms with Crippen molar-refractivity contribution in [3.05, 3.63) is 129 Å². The van der Waals surface area contributed by atoms with Crippen molar-refractivity contribution in [2.75, 3.05) is 26.1 Å². The Bertz CT molecular complexity index is 1740. The highest BCUT2D eigenvalue weighted by molar-refractivity contribution is 7.16. The smallest absolute Gasteiger partial charge is 0.316 e. The maximum absolute atomic E-state index is 13.3. The summed E-state index contributed by atoms with van der Waals surface area (Å²) in [7, 11) is 3.02. The molecule has 0 aliphatic carbocycles. The van der Waals surface area contributed by atoms with E-state index in [1.807, 2.05) is 42.5 Å². The molecule has 0 aliphatic heterocycles. The lowest BCUT2D eigenvalue weighted by atomic mass is 9.90. The van der Waals surface area contributed by atoms with E-state index in [9.17, 15) is 14.4 Å². The molecule has 0 saturated heterocycles. The minimum atomic E-state index is -0.969. The average molecular weight is 581 g/mol. The molecule has 8 heteroatoms. The quantitative estimate of drug-likeness (QED) is 0.111. The number of carbonyl (C=O) groups excluding carboxylic acids is 2. The van der Waals surface area contributed by atoms with Gasteiger partial charge in [0.2, 0.25) is 0 Å². The molecule has 5 rings (SSSR count). The summed E-state index contributed by atoms with van der Waals surface area (Å²) < 4.78 is 13.6. The van der Waals surface area contributed by atoms with E-state index in [1.54, 1.807) is 41.9 Å². The van der Waals surface area contributed by atoms with Crippen molar-refractivity contribution in [1.29, 1.82) is 0 Å². The normalized spacial score (nSPS) is 11.7. The zero-order valence-electron chi connectivity index (χ0n) is 23.5. The van der Waals surface area contributed by atoms with Gasteiger partial charge in [0.05, 0.1) is 23.9 Å². The van der Waals surface area contributed by atoms with Gasteiger partial charge in [-0.15, -0.1) is 0 Å². The molecule has 7 nitrogen and oxygen atoms in total. The van der Waals surface area contributed by atoms with Crippen LogP contribution >= 0.6 is 11.3 Å². The molecule has 1 heterocycles. The van der Waals surface area contributed by atoms with Crippen LogP contribution in [0.1, 0.15) is 27.0 Å². The number of carbonyl (C=O) groups is 2. The van der Waals surface area contributed by atoms with Gasteiger partial charge in [0.1, 0.15) is 18.3 Å². The number of fused-ring (bicyclic) bond motifs is 1. The minimum Gasteiger partial charge on any atom is -0.492 e. The van der Waals surface area contributed by atoms with Gasteiger partial charge >= 0.3 is 10.8 Å². The Labute approximate surface area is 248 Å². The lowest BCUT2D eigenvalue weighted by Gasteiger charge is -2.16. The Hall–Kier alpha value is -4.69. The number of esters is 1. The van der Waals surface area contributed by atoms with E-state index in [-0.39, 0.29) is 17.1 Å².